The molecule has 3 aromatic heterocycles. The molecule has 4 aromatic rings. The van der Waals surface area contributed by atoms with Crippen molar-refractivity contribution in [2.75, 3.05) is 30.4 Å². The van der Waals surface area contributed by atoms with E-state index in [1.807, 2.05) is 0 Å². The molecule has 0 amide bonds. The number of halogens is 3. The molecule has 2 N–H and O–H groups in total. The minimum Gasteiger partial charge on any atom is -0.477 e. The number of benzene rings is 1. The highest BCUT2D eigenvalue weighted by Gasteiger charge is 2.41. The zero-order valence-electron chi connectivity index (χ0n) is 20.5. The van der Waals surface area contributed by atoms with E-state index in [-0.39, 0.29) is 24.0 Å². The normalized spacial score (nSPS) is 15.6. The Morgan fingerprint density at radius 3 is 2.63 bits per heavy atom. The van der Waals surface area contributed by atoms with Gasteiger partial charge in [-0.2, -0.15) is 0 Å². The fourth-order valence-corrected chi connectivity index (χ4v) is 5.53. The number of aromatic carboxylic acids is 1. The predicted molar refractivity (Wildman–Crippen MR) is 137 cm³/mol. The highest BCUT2D eigenvalue weighted by Crippen LogP contribution is 2.50. The number of nitrogens with one attached hydrogen (secondary N) is 1. The van der Waals surface area contributed by atoms with Gasteiger partial charge in [0.25, 0.3) is 5.92 Å². The molecular formula is C27H22F3N5O3. The zero-order valence-corrected chi connectivity index (χ0v) is 20.5. The van der Waals surface area contributed by atoms with Crippen LogP contribution in [0.1, 0.15) is 28.0 Å². The Bertz CT molecular complexity index is 1730. The second-order valence-electron chi connectivity index (χ2n) is 9.66. The molecular weight excluding hydrogens is 499 g/mol. The standard InChI is InChI=1S/C27H22F3N5O3/c1-31-20-7-14(28)6-16-15(20)8-21-22(16)23(35-4-3-27(29,30)12-35)18(10-32-21)13-5-17-24(36)19(26(37)38)11-34(2)25(17)33-9-13/h5-7,9-11,31H,3-4,8,12H2,1-2H3,(H,37,38). The number of nitrogens with zero attached hydrogens (tertiary/aromatic N) is 4. The molecule has 194 valence electrons. The van der Waals surface area contributed by atoms with Gasteiger partial charge in [0.2, 0.25) is 5.43 Å². The van der Waals surface area contributed by atoms with Gasteiger partial charge < -0.3 is 19.9 Å². The van der Waals surface area contributed by atoms with Crippen molar-refractivity contribution in [3.8, 4) is 22.3 Å². The van der Waals surface area contributed by atoms with E-state index in [1.165, 1.54) is 35.2 Å². The zero-order chi connectivity index (χ0) is 26.9. The summed E-state index contributed by atoms with van der Waals surface area (Å²) in [7, 11) is 3.27. The molecule has 1 fully saturated rings. The molecule has 0 unspecified atom stereocenters. The van der Waals surface area contributed by atoms with Crippen molar-refractivity contribution in [2.45, 2.75) is 18.8 Å². The molecule has 1 aliphatic heterocycles. The van der Waals surface area contributed by atoms with Crippen LogP contribution in [0.15, 0.2) is 41.6 Å². The summed E-state index contributed by atoms with van der Waals surface area (Å²) >= 11 is 0. The number of hydrogen-bond acceptors (Lipinski definition) is 6. The molecule has 38 heavy (non-hydrogen) atoms. The number of rotatable bonds is 4. The molecule has 2 aliphatic rings. The van der Waals surface area contributed by atoms with E-state index in [9.17, 15) is 27.9 Å². The van der Waals surface area contributed by atoms with Crippen LogP contribution in [0.5, 0.6) is 0 Å². The monoisotopic (exact) mass is 521 g/mol. The summed E-state index contributed by atoms with van der Waals surface area (Å²) in [6, 6.07) is 4.29. The molecule has 0 saturated carbocycles. The second kappa shape index (κ2) is 8.30. The molecule has 1 aliphatic carbocycles. The maximum atomic E-state index is 14.6. The van der Waals surface area contributed by atoms with Crippen molar-refractivity contribution in [1.82, 2.24) is 14.5 Å². The maximum absolute atomic E-state index is 14.6. The van der Waals surface area contributed by atoms with Gasteiger partial charge in [-0.3, -0.25) is 9.78 Å². The van der Waals surface area contributed by atoms with Gasteiger partial charge in [-0.05, 0) is 29.3 Å². The Morgan fingerprint density at radius 1 is 1.16 bits per heavy atom. The topological polar surface area (TPSA) is 100 Å². The number of carboxylic acid groups (broad SMARTS) is 1. The minimum absolute atomic E-state index is 0.0753. The van der Waals surface area contributed by atoms with Gasteiger partial charge >= 0.3 is 5.97 Å². The van der Waals surface area contributed by atoms with E-state index in [1.54, 1.807) is 25.2 Å². The van der Waals surface area contributed by atoms with Gasteiger partial charge in [0, 0.05) is 74.5 Å². The summed E-state index contributed by atoms with van der Waals surface area (Å²) in [6.07, 6.45) is 4.33. The smallest absolute Gasteiger partial charge is 0.341 e. The van der Waals surface area contributed by atoms with Crippen LogP contribution in [0.2, 0.25) is 0 Å². The molecule has 0 atom stereocenters. The first-order chi connectivity index (χ1) is 18.1. The van der Waals surface area contributed by atoms with Crippen molar-refractivity contribution < 1.29 is 23.1 Å². The van der Waals surface area contributed by atoms with Gasteiger partial charge in [-0.25, -0.2) is 22.9 Å². The highest BCUT2D eigenvalue weighted by molar-refractivity contribution is 5.98. The number of fused-ring (bicyclic) bond motifs is 4. The number of anilines is 2. The van der Waals surface area contributed by atoms with E-state index in [0.717, 1.165) is 5.56 Å². The minimum atomic E-state index is -2.90. The third-order valence-corrected chi connectivity index (χ3v) is 7.27. The van der Waals surface area contributed by atoms with Crippen LogP contribution in [-0.2, 0) is 13.5 Å². The average Bonchev–Trinajstić information content (AvgIpc) is 3.44. The van der Waals surface area contributed by atoms with Crippen LogP contribution in [0.3, 0.4) is 0 Å². The number of aryl methyl sites for hydroxylation is 1. The van der Waals surface area contributed by atoms with E-state index < -0.39 is 35.2 Å². The lowest BCUT2D eigenvalue weighted by molar-refractivity contribution is 0.0257. The van der Waals surface area contributed by atoms with Crippen LogP contribution in [0, 0.1) is 5.82 Å². The second-order valence-corrected chi connectivity index (χ2v) is 9.66. The Kier molecular flexibility index (Phi) is 5.23. The van der Waals surface area contributed by atoms with Crippen LogP contribution in [-0.4, -0.2) is 51.7 Å². The lowest BCUT2D eigenvalue weighted by atomic mass is 9.97. The predicted octanol–water partition coefficient (Wildman–Crippen LogP) is 4.29. The maximum Gasteiger partial charge on any atom is 0.341 e. The van der Waals surface area contributed by atoms with Crippen LogP contribution < -0.4 is 15.6 Å². The van der Waals surface area contributed by atoms with E-state index in [4.69, 9.17) is 0 Å². The molecule has 0 radical (unpaired) electrons. The molecule has 1 saturated heterocycles. The molecule has 8 nitrogen and oxygen atoms in total. The van der Waals surface area contributed by atoms with Crippen molar-refractivity contribution in [3.05, 3.63) is 69.7 Å². The third-order valence-electron chi connectivity index (χ3n) is 7.27. The quantitative estimate of drug-likeness (QED) is 0.364. The first-order valence-corrected chi connectivity index (χ1v) is 12.0. The molecule has 6 rings (SSSR count). The number of carbonyl (C=O) groups is 1. The number of pyridine rings is 3. The molecule has 1 aromatic carbocycles. The molecule has 11 heteroatoms. The first-order valence-electron chi connectivity index (χ1n) is 12.0. The summed E-state index contributed by atoms with van der Waals surface area (Å²) in [4.78, 5) is 35.2. The number of aromatic nitrogens is 3. The molecule has 0 spiro atoms. The Labute approximate surface area is 214 Å². The largest absolute Gasteiger partial charge is 0.477 e. The van der Waals surface area contributed by atoms with Gasteiger partial charge in [-0.15, -0.1) is 0 Å². The van der Waals surface area contributed by atoms with Crippen molar-refractivity contribution in [1.29, 1.82) is 0 Å². The van der Waals surface area contributed by atoms with Crippen LogP contribution >= 0.6 is 0 Å². The highest BCUT2D eigenvalue weighted by atomic mass is 19.3. The number of carboxylic acids is 1. The Hall–Kier alpha value is -4.41. The summed E-state index contributed by atoms with van der Waals surface area (Å²) in [5.74, 6) is -4.74. The van der Waals surface area contributed by atoms with Crippen molar-refractivity contribution in [3.63, 3.8) is 0 Å². The Balaban J connectivity index is 1.64. The average molecular weight is 521 g/mol. The van der Waals surface area contributed by atoms with Gasteiger partial charge in [0.15, 0.2) is 0 Å². The summed E-state index contributed by atoms with van der Waals surface area (Å²) in [5, 5.41) is 12.6. The third kappa shape index (κ3) is 3.60. The van der Waals surface area contributed by atoms with Gasteiger partial charge in [0.1, 0.15) is 17.0 Å². The first kappa shape index (κ1) is 24.0. The number of hydrogen-bond donors (Lipinski definition) is 2. The van der Waals surface area contributed by atoms with E-state index in [2.05, 4.69) is 15.3 Å². The van der Waals surface area contributed by atoms with Crippen molar-refractivity contribution in [2.24, 2.45) is 7.05 Å². The Morgan fingerprint density at radius 2 is 1.95 bits per heavy atom. The number of alkyl halides is 2. The fourth-order valence-electron chi connectivity index (χ4n) is 5.53. The van der Waals surface area contributed by atoms with Crippen LogP contribution in [0.25, 0.3) is 33.3 Å². The lowest BCUT2D eigenvalue weighted by Gasteiger charge is -2.25. The van der Waals surface area contributed by atoms with Gasteiger partial charge in [-0.1, -0.05) is 0 Å². The van der Waals surface area contributed by atoms with E-state index >= 15 is 0 Å². The van der Waals surface area contributed by atoms with E-state index in [0.29, 0.717) is 45.7 Å². The van der Waals surface area contributed by atoms with Crippen LogP contribution in [0.4, 0.5) is 24.5 Å². The SMILES string of the molecule is CNc1cc(F)cc2c1Cc1ncc(-c3cnc4c(c3)c(=O)c(C(=O)O)cn4C)c(N3CCC(F)(F)C3)c1-2. The van der Waals surface area contributed by atoms with Gasteiger partial charge in [0.05, 0.1) is 23.3 Å². The van der Waals surface area contributed by atoms with Crippen molar-refractivity contribution >= 4 is 28.4 Å². The fraction of sp³-hybridized carbons (Fsp3) is 0.259. The summed E-state index contributed by atoms with van der Waals surface area (Å²) in [6.45, 7) is -0.447. The summed E-state index contributed by atoms with van der Waals surface area (Å²) < 4.78 is 44.9. The molecule has 4 heterocycles. The lowest BCUT2D eigenvalue weighted by Crippen LogP contribution is -2.26. The summed E-state index contributed by atoms with van der Waals surface area (Å²) in [5.41, 5.74) is 3.67. The molecule has 0 bridgehead atoms.